The molecule has 45 heavy (non-hydrogen) atoms. The highest BCUT2D eigenvalue weighted by molar-refractivity contribution is 7.89. The minimum atomic E-state index is -3.66. The van der Waals surface area contributed by atoms with Crippen LogP contribution in [0.1, 0.15) is 41.9 Å². The summed E-state index contributed by atoms with van der Waals surface area (Å²) >= 11 is 6.74. The van der Waals surface area contributed by atoms with Crippen molar-refractivity contribution in [3.8, 4) is 5.75 Å². The summed E-state index contributed by atoms with van der Waals surface area (Å²) in [6.45, 7) is 3.40. The topological polar surface area (TPSA) is 66.9 Å². The van der Waals surface area contributed by atoms with Crippen molar-refractivity contribution >= 4 is 32.4 Å². The fourth-order valence-electron chi connectivity index (χ4n) is 6.63. The third-order valence-corrected chi connectivity index (χ3v) is 13.1. The normalized spacial score (nSPS) is 18.6. The van der Waals surface area contributed by atoms with Crippen LogP contribution in [-0.4, -0.2) is 60.8 Å². The first kappa shape index (κ1) is 32.0. The van der Waals surface area contributed by atoms with Crippen molar-refractivity contribution in [3.63, 3.8) is 0 Å². The first-order chi connectivity index (χ1) is 21.7. The highest BCUT2D eigenvalue weighted by Gasteiger charge is 2.44. The van der Waals surface area contributed by atoms with Gasteiger partial charge in [0, 0.05) is 29.7 Å². The van der Waals surface area contributed by atoms with Gasteiger partial charge in [-0.15, -0.1) is 0 Å². The standard InChI is InChI=1S/C36H39ClN2O4S2/c1-38(45(41,42)31-12-6-3-7-13-31)25-30(29-16-17-34(33(37)24-29)43-26-28-10-4-2-5-11-28)18-21-39-22-19-36(20-23-39)27-44(40)35-15-9-8-14-32(35)36/h2-17,24,30H,18-23,25-27H2,1H3. The summed E-state index contributed by atoms with van der Waals surface area (Å²) in [6, 6.07) is 32.5. The number of nitrogens with zero attached hydrogens (tertiary/aromatic N) is 2. The number of fused-ring (bicyclic) bond motifs is 2. The van der Waals surface area contributed by atoms with Crippen molar-refractivity contribution in [2.75, 3.05) is 39.0 Å². The molecule has 1 saturated heterocycles. The van der Waals surface area contributed by atoms with Crippen molar-refractivity contribution in [1.29, 1.82) is 0 Å². The van der Waals surface area contributed by atoms with Crippen LogP contribution in [0.3, 0.4) is 0 Å². The van der Waals surface area contributed by atoms with E-state index in [-0.39, 0.29) is 16.2 Å². The molecular weight excluding hydrogens is 624 g/mol. The van der Waals surface area contributed by atoms with E-state index in [2.05, 4.69) is 17.0 Å². The van der Waals surface area contributed by atoms with Crippen molar-refractivity contribution < 1.29 is 17.4 Å². The van der Waals surface area contributed by atoms with Gasteiger partial charge in [0.05, 0.1) is 20.7 Å². The van der Waals surface area contributed by atoms with Gasteiger partial charge in [-0.3, -0.25) is 4.21 Å². The number of rotatable bonds is 11. The van der Waals surface area contributed by atoms with E-state index in [1.807, 2.05) is 66.7 Å². The quantitative estimate of drug-likeness (QED) is 0.175. The predicted molar refractivity (Wildman–Crippen MR) is 181 cm³/mol. The molecule has 1 spiro atoms. The molecule has 9 heteroatoms. The maximum absolute atomic E-state index is 13.5. The lowest BCUT2D eigenvalue weighted by molar-refractivity contribution is 0.165. The number of likely N-dealkylation sites (tertiary alicyclic amines) is 1. The number of sulfonamides is 1. The second-order valence-electron chi connectivity index (χ2n) is 12.2. The van der Waals surface area contributed by atoms with Crippen LogP contribution >= 0.6 is 11.6 Å². The summed E-state index contributed by atoms with van der Waals surface area (Å²) in [5.74, 6) is 1.23. The fourth-order valence-corrected chi connectivity index (χ4v) is 9.98. The predicted octanol–water partition coefficient (Wildman–Crippen LogP) is 6.87. The Bertz CT molecular complexity index is 1740. The van der Waals surface area contributed by atoms with Gasteiger partial charge >= 0.3 is 0 Å². The largest absolute Gasteiger partial charge is 0.487 e. The summed E-state index contributed by atoms with van der Waals surface area (Å²) in [7, 11) is -2.94. The molecule has 236 valence electrons. The Morgan fingerprint density at radius 1 is 0.933 bits per heavy atom. The monoisotopic (exact) mass is 662 g/mol. The van der Waals surface area contributed by atoms with E-state index < -0.39 is 20.8 Å². The molecular formula is C36H39ClN2O4S2. The molecule has 6 rings (SSSR count). The zero-order chi connectivity index (χ0) is 31.4. The molecule has 2 aliphatic rings. The molecule has 2 heterocycles. The summed E-state index contributed by atoms with van der Waals surface area (Å²) in [6.07, 6.45) is 2.72. The molecule has 0 aliphatic carbocycles. The van der Waals surface area contributed by atoms with Gasteiger partial charge in [-0.05, 0) is 91.8 Å². The third-order valence-electron chi connectivity index (χ3n) is 9.31. The van der Waals surface area contributed by atoms with Crippen LogP contribution in [-0.2, 0) is 32.8 Å². The highest BCUT2D eigenvalue weighted by Crippen LogP contribution is 2.45. The third kappa shape index (κ3) is 7.05. The Morgan fingerprint density at radius 2 is 1.60 bits per heavy atom. The summed E-state index contributed by atoms with van der Waals surface area (Å²) in [4.78, 5) is 3.75. The number of halogens is 1. The van der Waals surface area contributed by atoms with Gasteiger partial charge in [0.15, 0.2) is 0 Å². The SMILES string of the molecule is CN(CC(CCN1CCC2(CC1)CS(=O)c1ccccc12)c1ccc(OCc2ccccc2)c(Cl)c1)S(=O)(=O)c1ccccc1. The molecule has 4 aromatic carbocycles. The van der Waals surface area contributed by atoms with Crippen LogP contribution in [0.25, 0.3) is 0 Å². The van der Waals surface area contributed by atoms with E-state index in [0.717, 1.165) is 54.9 Å². The first-order valence-corrected chi connectivity index (χ1v) is 18.6. The number of piperidine rings is 1. The Morgan fingerprint density at radius 3 is 2.31 bits per heavy atom. The maximum Gasteiger partial charge on any atom is 0.242 e. The summed E-state index contributed by atoms with van der Waals surface area (Å²) in [5.41, 5.74) is 3.29. The Balaban J connectivity index is 1.17. The smallest absolute Gasteiger partial charge is 0.242 e. The van der Waals surface area contributed by atoms with Crippen molar-refractivity contribution in [2.24, 2.45) is 0 Å². The number of hydrogen-bond acceptors (Lipinski definition) is 5. The van der Waals surface area contributed by atoms with Crippen molar-refractivity contribution in [3.05, 3.63) is 125 Å². The number of hydrogen-bond donors (Lipinski definition) is 0. The van der Waals surface area contributed by atoms with Gasteiger partial charge in [0.1, 0.15) is 12.4 Å². The Hall–Kier alpha value is -3.01. The molecule has 0 saturated carbocycles. The number of ether oxygens (including phenoxy) is 1. The zero-order valence-corrected chi connectivity index (χ0v) is 27.9. The lowest BCUT2D eigenvalue weighted by atomic mass is 9.74. The molecule has 4 aromatic rings. The van der Waals surface area contributed by atoms with Gasteiger partial charge in [0.2, 0.25) is 10.0 Å². The summed E-state index contributed by atoms with van der Waals surface area (Å²) in [5, 5.41) is 0.509. The first-order valence-electron chi connectivity index (χ1n) is 15.4. The van der Waals surface area contributed by atoms with E-state index in [1.54, 1.807) is 31.3 Å². The number of benzene rings is 4. The molecule has 0 radical (unpaired) electrons. The van der Waals surface area contributed by atoms with E-state index >= 15 is 0 Å². The van der Waals surface area contributed by atoms with Gasteiger partial charge < -0.3 is 9.64 Å². The second-order valence-corrected chi connectivity index (χ2v) is 16.0. The average Bonchev–Trinajstić information content (AvgIpc) is 3.34. The lowest BCUT2D eigenvalue weighted by Crippen LogP contribution is -2.44. The van der Waals surface area contributed by atoms with Crippen LogP contribution in [0.15, 0.2) is 113 Å². The van der Waals surface area contributed by atoms with Crippen molar-refractivity contribution in [1.82, 2.24) is 9.21 Å². The molecule has 2 aliphatic heterocycles. The minimum Gasteiger partial charge on any atom is -0.487 e. The van der Waals surface area contributed by atoms with E-state index in [4.69, 9.17) is 16.3 Å². The van der Waals surface area contributed by atoms with Gasteiger partial charge in [-0.25, -0.2) is 12.7 Å². The van der Waals surface area contributed by atoms with Crippen LogP contribution in [0.2, 0.25) is 5.02 Å². The molecule has 6 nitrogen and oxygen atoms in total. The zero-order valence-electron chi connectivity index (χ0n) is 25.5. The number of likely N-dealkylation sites (N-methyl/N-ethyl adjacent to an activating group) is 1. The lowest BCUT2D eigenvalue weighted by Gasteiger charge is -2.40. The molecule has 0 N–H and O–H groups in total. The van der Waals surface area contributed by atoms with Crippen LogP contribution in [0.5, 0.6) is 5.75 Å². The molecule has 0 amide bonds. The summed E-state index contributed by atoms with van der Waals surface area (Å²) < 4.78 is 47.3. The van der Waals surface area contributed by atoms with Gasteiger partial charge in [-0.1, -0.05) is 84.4 Å². The minimum absolute atomic E-state index is 0.00948. The van der Waals surface area contributed by atoms with Gasteiger partial charge in [-0.2, -0.15) is 0 Å². The Labute approximate surface area is 274 Å². The van der Waals surface area contributed by atoms with E-state index in [0.29, 0.717) is 29.7 Å². The molecule has 1 fully saturated rings. The molecule has 2 atom stereocenters. The molecule has 0 bridgehead atoms. The van der Waals surface area contributed by atoms with Gasteiger partial charge in [0.25, 0.3) is 0 Å². The van der Waals surface area contributed by atoms with Crippen LogP contribution < -0.4 is 4.74 Å². The molecule has 0 aromatic heterocycles. The average molecular weight is 663 g/mol. The fraction of sp³-hybridized carbons (Fsp3) is 0.333. The maximum atomic E-state index is 13.5. The van der Waals surface area contributed by atoms with Crippen molar-refractivity contribution in [2.45, 2.75) is 47.0 Å². The van der Waals surface area contributed by atoms with E-state index in [9.17, 15) is 12.6 Å². The second kappa shape index (κ2) is 13.8. The Kier molecular flexibility index (Phi) is 9.78. The van der Waals surface area contributed by atoms with Crippen LogP contribution in [0, 0.1) is 0 Å². The molecule has 2 unspecified atom stereocenters. The van der Waals surface area contributed by atoms with E-state index in [1.165, 1.54) is 9.87 Å². The highest BCUT2D eigenvalue weighted by atomic mass is 35.5. The van der Waals surface area contributed by atoms with Crippen LogP contribution in [0.4, 0.5) is 0 Å².